The van der Waals surface area contributed by atoms with Crippen molar-refractivity contribution < 1.29 is 26.0 Å². The lowest BCUT2D eigenvalue weighted by atomic mass is 10.1. The molecule has 0 unspecified atom stereocenters. The molecule has 0 saturated carbocycles. The molecule has 0 amide bonds. The van der Waals surface area contributed by atoms with Crippen molar-refractivity contribution in [2.45, 2.75) is 24.4 Å². The van der Waals surface area contributed by atoms with Crippen molar-refractivity contribution in [2.75, 3.05) is 36.0 Å². The molecule has 12 heteroatoms. The van der Waals surface area contributed by atoms with E-state index in [1.165, 1.54) is 11.2 Å². The second-order valence-electron chi connectivity index (χ2n) is 6.51. The highest BCUT2D eigenvalue weighted by molar-refractivity contribution is 7.89. The predicted molar refractivity (Wildman–Crippen MR) is 98.6 cm³/mol. The number of benzene rings is 1. The highest BCUT2D eigenvalue weighted by atomic mass is 32.2. The third kappa shape index (κ3) is 4.42. The summed E-state index contributed by atoms with van der Waals surface area (Å²) in [6.07, 6.45) is -3.11. The number of primary sulfonamides is 1. The largest absolute Gasteiger partial charge is 0.418 e. The fourth-order valence-electron chi connectivity index (χ4n) is 3.22. The third-order valence-corrected chi connectivity index (χ3v) is 5.61. The molecule has 0 radical (unpaired) electrons. The number of sulfonamides is 1. The molecule has 2 N–H and O–H groups in total. The van der Waals surface area contributed by atoms with E-state index in [9.17, 15) is 26.0 Å². The molecule has 2 aromatic rings. The van der Waals surface area contributed by atoms with Gasteiger partial charge in [-0.2, -0.15) is 13.2 Å². The minimum atomic E-state index is -4.76. The van der Waals surface area contributed by atoms with Crippen LogP contribution in [0, 0.1) is 5.82 Å². The molecule has 1 aromatic carbocycles. The van der Waals surface area contributed by atoms with Crippen molar-refractivity contribution in [1.82, 2.24) is 9.97 Å². The molecule has 1 aliphatic heterocycles. The first kappa shape index (κ1) is 21.2. The van der Waals surface area contributed by atoms with E-state index in [-0.39, 0.29) is 43.4 Å². The highest BCUT2D eigenvalue weighted by Crippen LogP contribution is 2.38. The highest BCUT2D eigenvalue weighted by Gasteiger charge is 2.37. The second kappa shape index (κ2) is 7.75. The van der Waals surface area contributed by atoms with Gasteiger partial charge in [0.1, 0.15) is 6.33 Å². The summed E-state index contributed by atoms with van der Waals surface area (Å²) < 4.78 is 77.8. The lowest BCUT2D eigenvalue weighted by molar-refractivity contribution is -0.137. The Morgan fingerprint density at radius 2 is 1.72 bits per heavy atom. The Labute approximate surface area is 165 Å². The van der Waals surface area contributed by atoms with E-state index < -0.39 is 32.5 Å². The fraction of sp³-hybridized carbons (Fsp3) is 0.412. The minimum Gasteiger partial charge on any atom is -0.367 e. The van der Waals surface area contributed by atoms with Crippen LogP contribution in [0.25, 0.3) is 0 Å². The molecule has 0 aliphatic carbocycles. The van der Waals surface area contributed by atoms with Crippen LogP contribution in [-0.4, -0.2) is 44.6 Å². The van der Waals surface area contributed by atoms with E-state index in [1.807, 2.05) is 0 Å². The zero-order valence-corrected chi connectivity index (χ0v) is 16.3. The van der Waals surface area contributed by atoms with Gasteiger partial charge in [-0.25, -0.2) is 27.9 Å². The quantitative estimate of drug-likeness (QED) is 0.743. The number of anilines is 2. The molecule has 2 heterocycles. The number of nitrogens with zero attached hydrogens (tertiary/aromatic N) is 4. The number of alkyl halides is 3. The van der Waals surface area contributed by atoms with Crippen molar-refractivity contribution in [3.63, 3.8) is 0 Å². The fourth-order valence-corrected chi connectivity index (χ4v) is 3.76. The molecule has 1 saturated heterocycles. The van der Waals surface area contributed by atoms with Crippen LogP contribution in [0.1, 0.15) is 18.2 Å². The zero-order valence-electron chi connectivity index (χ0n) is 15.4. The third-order valence-electron chi connectivity index (χ3n) is 4.70. The van der Waals surface area contributed by atoms with Gasteiger partial charge in [-0.15, -0.1) is 0 Å². The molecule has 158 valence electrons. The standard InChI is InChI=1S/C17H19F4N5O2S/c1-2-13-15(18)16(24-10-23-13)26-7-5-25(6-8-26)14-4-3-11(29(22,27)28)9-12(14)17(19,20)21/h3-4,9-10H,2,5-8H2,1H3,(H2,22,27,28). The van der Waals surface area contributed by atoms with Gasteiger partial charge in [-0.1, -0.05) is 6.92 Å². The van der Waals surface area contributed by atoms with Crippen LogP contribution in [0.15, 0.2) is 29.4 Å². The normalized spacial score (nSPS) is 15.7. The Hall–Kier alpha value is -2.47. The van der Waals surface area contributed by atoms with Crippen LogP contribution in [0.4, 0.5) is 29.1 Å². The zero-order chi connectivity index (χ0) is 21.4. The molecular weight excluding hydrogens is 414 g/mol. The van der Waals surface area contributed by atoms with Gasteiger partial charge in [-0.3, -0.25) is 0 Å². The van der Waals surface area contributed by atoms with E-state index in [2.05, 4.69) is 9.97 Å². The van der Waals surface area contributed by atoms with E-state index in [1.54, 1.807) is 11.8 Å². The summed E-state index contributed by atoms with van der Waals surface area (Å²) in [5.74, 6) is -0.408. The Balaban J connectivity index is 1.86. The number of hydrogen-bond donors (Lipinski definition) is 1. The first-order chi connectivity index (χ1) is 13.5. The average molecular weight is 433 g/mol. The van der Waals surface area contributed by atoms with Gasteiger partial charge >= 0.3 is 6.18 Å². The Morgan fingerprint density at radius 3 is 2.28 bits per heavy atom. The lowest BCUT2D eigenvalue weighted by Crippen LogP contribution is -2.47. The molecule has 1 fully saturated rings. The average Bonchev–Trinajstić information content (AvgIpc) is 2.66. The summed E-state index contributed by atoms with van der Waals surface area (Å²) in [6, 6.07) is 2.68. The Bertz CT molecular complexity index is 1010. The second-order valence-corrected chi connectivity index (χ2v) is 8.07. The SMILES string of the molecule is CCc1ncnc(N2CCN(c3ccc(S(N)(=O)=O)cc3C(F)(F)F)CC2)c1F. The van der Waals surface area contributed by atoms with Gasteiger partial charge < -0.3 is 9.80 Å². The molecule has 3 rings (SSSR count). The summed E-state index contributed by atoms with van der Waals surface area (Å²) in [5.41, 5.74) is -0.962. The predicted octanol–water partition coefficient (Wildman–Crippen LogP) is 2.17. The first-order valence-corrected chi connectivity index (χ1v) is 10.3. The van der Waals surface area contributed by atoms with Crippen LogP contribution in [0.2, 0.25) is 0 Å². The Morgan fingerprint density at radius 1 is 1.10 bits per heavy atom. The summed E-state index contributed by atoms with van der Waals surface area (Å²) >= 11 is 0. The van der Waals surface area contributed by atoms with Crippen LogP contribution >= 0.6 is 0 Å². The maximum atomic E-state index is 14.5. The number of halogens is 4. The molecule has 1 aromatic heterocycles. The summed E-state index contributed by atoms with van der Waals surface area (Å²) in [7, 11) is -4.27. The number of nitrogens with two attached hydrogens (primary N) is 1. The molecular formula is C17H19F4N5O2S. The van der Waals surface area contributed by atoms with Crippen molar-refractivity contribution in [3.05, 3.63) is 41.6 Å². The summed E-state index contributed by atoms with van der Waals surface area (Å²) in [6.45, 7) is 2.58. The molecule has 0 atom stereocenters. The summed E-state index contributed by atoms with van der Waals surface area (Å²) in [5, 5.41) is 4.95. The Kier molecular flexibility index (Phi) is 5.68. The molecule has 0 spiro atoms. The van der Waals surface area contributed by atoms with E-state index in [0.717, 1.165) is 12.1 Å². The number of rotatable bonds is 4. The van der Waals surface area contributed by atoms with Crippen molar-refractivity contribution in [3.8, 4) is 0 Å². The summed E-state index contributed by atoms with van der Waals surface area (Å²) in [4.78, 5) is 10.4. The van der Waals surface area contributed by atoms with Crippen LogP contribution in [0.3, 0.4) is 0 Å². The van der Waals surface area contributed by atoms with Crippen molar-refractivity contribution >= 4 is 21.5 Å². The van der Waals surface area contributed by atoms with Crippen molar-refractivity contribution in [1.29, 1.82) is 0 Å². The van der Waals surface area contributed by atoms with Gasteiger partial charge in [0, 0.05) is 31.9 Å². The van der Waals surface area contributed by atoms with Gasteiger partial charge in [-0.05, 0) is 24.6 Å². The van der Waals surface area contributed by atoms with Crippen LogP contribution in [-0.2, 0) is 22.6 Å². The van der Waals surface area contributed by atoms with E-state index >= 15 is 0 Å². The molecule has 1 aliphatic rings. The molecule has 7 nitrogen and oxygen atoms in total. The molecule has 29 heavy (non-hydrogen) atoms. The van der Waals surface area contributed by atoms with Crippen LogP contribution in [0.5, 0.6) is 0 Å². The lowest BCUT2D eigenvalue weighted by Gasteiger charge is -2.37. The number of piperazine rings is 1. The van der Waals surface area contributed by atoms with E-state index in [0.29, 0.717) is 12.5 Å². The molecule has 0 bridgehead atoms. The topological polar surface area (TPSA) is 92.4 Å². The first-order valence-electron chi connectivity index (χ1n) is 8.75. The maximum Gasteiger partial charge on any atom is 0.418 e. The smallest absolute Gasteiger partial charge is 0.367 e. The maximum absolute atomic E-state index is 14.5. The number of aromatic nitrogens is 2. The van der Waals surface area contributed by atoms with Crippen molar-refractivity contribution in [2.24, 2.45) is 5.14 Å². The van der Waals surface area contributed by atoms with E-state index in [4.69, 9.17) is 5.14 Å². The van der Waals surface area contributed by atoms with Gasteiger partial charge in [0.25, 0.3) is 0 Å². The number of aryl methyl sites for hydroxylation is 1. The number of hydrogen-bond acceptors (Lipinski definition) is 6. The van der Waals surface area contributed by atoms with Gasteiger partial charge in [0.15, 0.2) is 11.6 Å². The monoisotopic (exact) mass is 433 g/mol. The van der Waals surface area contributed by atoms with Gasteiger partial charge in [0.2, 0.25) is 10.0 Å². The van der Waals surface area contributed by atoms with Crippen LogP contribution < -0.4 is 14.9 Å². The van der Waals surface area contributed by atoms with Gasteiger partial charge in [0.05, 0.1) is 16.2 Å². The minimum absolute atomic E-state index is 0.122.